The van der Waals surface area contributed by atoms with Crippen LogP contribution >= 0.6 is 0 Å². The molecule has 0 aromatic heterocycles. The fraction of sp³-hybridized carbons (Fsp3) is 0.471. The Morgan fingerprint density at radius 1 is 1.35 bits per heavy atom. The number of hydrogen-bond acceptors (Lipinski definition) is 2. The highest BCUT2D eigenvalue weighted by Crippen LogP contribution is 2.27. The van der Waals surface area contributed by atoms with Crippen molar-refractivity contribution < 1.29 is 9.90 Å². The highest BCUT2D eigenvalue weighted by Gasteiger charge is 2.33. The Kier molecular flexibility index (Phi) is 4.81. The van der Waals surface area contributed by atoms with Gasteiger partial charge in [-0.1, -0.05) is 18.8 Å². The van der Waals surface area contributed by atoms with E-state index in [1.807, 2.05) is 29.2 Å². The summed E-state index contributed by atoms with van der Waals surface area (Å²) in [5.74, 6) is 5.55. The van der Waals surface area contributed by atoms with Gasteiger partial charge in [0.05, 0.1) is 0 Å². The van der Waals surface area contributed by atoms with Crippen molar-refractivity contribution in [3.63, 3.8) is 0 Å². The van der Waals surface area contributed by atoms with Crippen molar-refractivity contribution in [2.75, 3.05) is 6.61 Å². The van der Waals surface area contributed by atoms with Gasteiger partial charge in [-0.15, -0.1) is 0 Å². The number of nitrogens with zero attached hydrogens (tertiary/aromatic N) is 1. The molecule has 1 amide bonds. The van der Waals surface area contributed by atoms with Crippen LogP contribution in [0.3, 0.4) is 0 Å². The Morgan fingerprint density at radius 3 is 2.65 bits per heavy atom. The summed E-state index contributed by atoms with van der Waals surface area (Å²) < 4.78 is 0. The zero-order chi connectivity index (χ0) is 14.5. The summed E-state index contributed by atoms with van der Waals surface area (Å²) in [7, 11) is 0. The van der Waals surface area contributed by atoms with Gasteiger partial charge in [-0.3, -0.25) is 4.79 Å². The van der Waals surface area contributed by atoms with Crippen LogP contribution in [0.1, 0.15) is 49.0 Å². The molecular formula is C17H21NO2. The number of benzene rings is 1. The second-order valence-corrected chi connectivity index (χ2v) is 5.24. The topological polar surface area (TPSA) is 40.5 Å². The van der Waals surface area contributed by atoms with Gasteiger partial charge in [-0.2, -0.15) is 0 Å². The van der Waals surface area contributed by atoms with E-state index in [2.05, 4.69) is 25.7 Å². The maximum atomic E-state index is 12.6. The van der Waals surface area contributed by atoms with Crippen LogP contribution in [0.2, 0.25) is 0 Å². The number of aliphatic hydroxyl groups is 1. The maximum Gasteiger partial charge on any atom is 0.254 e. The number of aliphatic hydroxyl groups excluding tert-OH is 1. The number of carbonyl (C=O) groups is 1. The molecule has 20 heavy (non-hydrogen) atoms. The number of amides is 1. The molecular weight excluding hydrogens is 250 g/mol. The predicted octanol–water partition coefficient (Wildman–Crippen LogP) is 2.43. The molecule has 1 aromatic carbocycles. The van der Waals surface area contributed by atoms with Gasteiger partial charge in [0, 0.05) is 23.2 Å². The van der Waals surface area contributed by atoms with E-state index in [0.29, 0.717) is 17.6 Å². The second-order valence-electron chi connectivity index (χ2n) is 5.24. The third-order valence-corrected chi connectivity index (χ3v) is 3.94. The van der Waals surface area contributed by atoms with Crippen LogP contribution in [0.25, 0.3) is 0 Å². The minimum absolute atomic E-state index is 0.114. The van der Waals surface area contributed by atoms with Gasteiger partial charge in [0.2, 0.25) is 0 Å². The molecule has 2 rings (SSSR count). The van der Waals surface area contributed by atoms with Gasteiger partial charge in [-0.05, 0) is 50.5 Å². The molecule has 1 saturated heterocycles. The first-order valence-corrected chi connectivity index (χ1v) is 7.19. The first-order valence-electron chi connectivity index (χ1n) is 7.19. The molecule has 0 spiro atoms. The lowest BCUT2D eigenvalue weighted by molar-refractivity contribution is 0.0676. The van der Waals surface area contributed by atoms with E-state index in [4.69, 9.17) is 5.11 Å². The summed E-state index contributed by atoms with van der Waals surface area (Å²) in [5, 5.41) is 8.66. The van der Waals surface area contributed by atoms with Gasteiger partial charge >= 0.3 is 0 Å². The van der Waals surface area contributed by atoms with Crippen molar-refractivity contribution in [3.8, 4) is 11.8 Å². The van der Waals surface area contributed by atoms with Crippen LogP contribution in [0.4, 0.5) is 0 Å². The van der Waals surface area contributed by atoms with Crippen LogP contribution in [-0.2, 0) is 0 Å². The molecule has 106 valence electrons. The Labute approximate surface area is 120 Å². The van der Waals surface area contributed by atoms with E-state index < -0.39 is 0 Å². The fourth-order valence-electron chi connectivity index (χ4n) is 2.83. The number of rotatable bonds is 2. The van der Waals surface area contributed by atoms with E-state index in [9.17, 15) is 4.79 Å². The van der Waals surface area contributed by atoms with E-state index >= 15 is 0 Å². The monoisotopic (exact) mass is 271 g/mol. The predicted molar refractivity (Wildman–Crippen MR) is 79.4 cm³/mol. The van der Waals surface area contributed by atoms with Crippen LogP contribution in [0, 0.1) is 11.8 Å². The second kappa shape index (κ2) is 6.58. The van der Waals surface area contributed by atoms with Crippen molar-refractivity contribution in [2.45, 2.75) is 45.2 Å². The first-order chi connectivity index (χ1) is 9.67. The van der Waals surface area contributed by atoms with Gasteiger partial charge in [-0.25, -0.2) is 0 Å². The normalized spacial score (nSPS) is 21.4. The Hall–Kier alpha value is -1.79. The molecule has 3 nitrogen and oxygen atoms in total. The first kappa shape index (κ1) is 14.6. The van der Waals surface area contributed by atoms with Gasteiger partial charge in [0.15, 0.2) is 0 Å². The molecule has 1 fully saturated rings. The SMILES string of the molecule is CCC1CCC(C)N1C(=O)c1ccc(C#CCO)cc1. The molecule has 1 aromatic rings. The van der Waals surface area contributed by atoms with Crippen LogP contribution in [-0.4, -0.2) is 34.6 Å². The Bertz CT molecular complexity index is 524. The third-order valence-electron chi connectivity index (χ3n) is 3.94. The quantitative estimate of drug-likeness (QED) is 0.839. The summed E-state index contributed by atoms with van der Waals surface area (Å²) in [6.07, 6.45) is 3.20. The molecule has 1 aliphatic heterocycles. The summed E-state index contributed by atoms with van der Waals surface area (Å²) in [4.78, 5) is 14.6. The average molecular weight is 271 g/mol. The molecule has 1 heterocycles. The molecule has 1 N–H and O–H groups in total. The zero-order valence-electron chi connectivity index (χ0n) is 12.1. The van der Waals surface area contributed by atoms with Crippen LogP contribution in [0.5, 0.6) is 0 Å². The smallest absolute Gasteiger partial charge is 0.254 e. The van der Waals surface area contributed by atoms with Crippen molar-refractivity contribution in [3.05, 3.63) is 35.4 Å². The highest BCUT2D eigenvalue weighted by atomic mass is 16.2. The summed E-state index contributed by atoms with van der Waals surface area (Å²) >= 11 is 0. The van der Waals surface area contributed by atoms with Gasteiger partial charge < -0.3 is 10.0 Å². The molecule has 1 aliphatic rings. The van der Waals surface area contributed by atoms with E-state index in [-0.39, 0.29) is 12.5 Å². The van der Waals surface area contributed by atoms with Crippen molar-refractivity contribution >= 4 is 5.91 Å². The third kappa shape index (κ3) is 3.02. The molecule has 0 saturated carbocycles. The lowest BCUT2D eigenvalue weighted by Crippen LogP contribution is -2.39. The summed E-state index contributed by atoms with van der Waals surface area (Å²) in [5.41, 5.74) is 1.53. The highest BCUT2D eigenvalue weighted by molar-refractivity contribution is 5.95. The van der Waals surface area contributed by atoms with Gasteiger partial charge in [0.1, 0.15) is 6.61 Å². The Balaban J connectivity index is 2.16. The van der Waals surface area contributed by atoms with E-state index in [1.54, 1.807) is 0 Å². The molecule has 2 atom stereocenters. The van der Waals surface area contributed by atoms with E-state index in [0.717, 1.165) is 24.8 Å². The standard InChI is InChI=1S/C17H21NO2/c1-3-16-11-6-13(2)18(16)17(20)15-9-7-14(8-10-15)5-4-12-19/h7-10,13,16,19H,3,6,11-12H2,1-2H3. The average Bonchev–Trinajstić information content (AvgIpc) is 2.86. The lowest BCUT2D eigenvalue weighted by Gasteiger charge is -2.28. The maximum absolute atomic E-state index is 12.6. The summed E-state index contributed by atoms with van der Waals surface area (Å²) in [6.45, 7) is 4.11. The molecule has 0 bridgehead atoms. The number of carbonyl (C=O) groups excluding carboxylic acids is 1. The molecule has 0 radical (unpaired) electrons. The van der Waals surface area contributed by atoms with Crippen molar-refractivity contribution in [2.24, 2.45) is 0 Å². The molecule has 0 aliphatic carbocycles. The van der Waals surface area contributed by atoms with Crippen molar-refractivity contribution in [1.29, 1.82) is 0 Å². The minimum atomic E-state index is -0.149. The van der Waals surface area contributed by atoms with Crippen LogP contribution in [0.15, 0.2) is 24.3 Å². The summed E-state index contributed by atoms with van der Waals surface area (Å²) in [6, 6.07) is 7.99. The van der Waals surface area contributed by atoms with Crippen LogP contribution < -0.4 is 0 Å². The largest absolute Gasteiger partial charge is 0.384 e. The lowest BCUT2D eigenvalue weighted by atomic mass is 10.1. The Morgan fingerprint density at radius 2 is 2.05 bits per heavy atom. The molecule has 2 unspecified atom stereocenters. The molecule has 3 heteroatoms. The number of hydrogen-bond donors (Lipinski definition) is 1. The zero-order valence-corrected chi connectivity index (χ0v) is 12.1. The number of likely N-dealkylation sites (tertiary alicyclic amines) is 1. The van der Waals surface area contributed by atoms with Gasteiger partial charge in [0.25, 0.3) is 5.91 Å². The fourth-order valence-corrected chi connectivity index (χ4v) is 2.83. The van der Waals surface area contributed by atoms with E-state index in [1.165, 1.54) is 0 Å². The van der Waals surface area contributed by atoms with Crippen molar-refractivity contribution in [1.82, 2.24) is 4.90 Å². The minimum Gasteiger partial charge on any atom is -0.384 e.